The summed E-state index contributed by atoms with van der Waals surface area (Å²) >= 11 is 0. The molecule has 1 aromatic heterocycles. The van der Waals surface area contributed by atoms with E-state index in [4.69, 9.17) is 9.52 Å². The van der Waals surface area contributed by atoms with Crippen molar-refractivity contribution in [1.29, 1.82) is 0 Å². The first kappa shape index (κ1) is 11.8. The number of carbonyl (C=O) groups is 1. The third-order valence-corrected chi connectivity index (χ3v) is 2.22. The molecule has 0 aromatic carbocycles. The van der Waals surface area contributed by atoms with Gasteiger partial charge < -0.3 is 14.8 Å². The zero-order valence-corrected chi connectivity index (χ0v) is 9.12. The molecule has 1 atom stereocenters. The fourth-order valence-corrected chi connectivity index (χ4v) is 1.24. The number of hydrogen-bond donors (Lipinski definition) is 2. The molecule has 4 heteroatoms. The molecular formula is C11H17NO3. The second-order valence-corrected chi connectivity index (χ2v) is 3.71. The van der Waals surface area contributed by atoms with Crippen LogP contribution in [0.3, 0.4) is 0 Å². The zero-order valence-electron chi connectivity index (χ0n) is 9.12. The summed E-state index contributed by atoms with van der Waals surface area (Å²) in [6.45, 7) is 4.83. The molecule has 1 unspecified atom stereocenters. The minimum atomic E-state index is -0.767. The molecule has 0 amide bonds. The first-order chi connectivity index (χ1) is 7.09. The van der Waals surface area contributed by atoms with Crippen molar-refractivity contribution < 1.29 is 14.3 Å². The Kier molecular flexibility index (Phi) is 4.37. The van der Waals surface area contributed by atoms with Gasteiger partial charge in [0.1, 0.15) is 11.5 Å². The quantitative estimate of drug-likeness (QED) is 0.699. The van der Waals surface area contributed by atoms with Crippen molar-refractivity contribution in [2.24, 2.45) is 5.92 Å². The van der Waals surface area contributed by atoms with E-state index in [0.29, 0.717) is 6.54 Å². The summed E-state index contributed by atoms with van der Waals surface area (Å²) in [6, 6.07) is 3.87. The zero-order chi connectivity index (χ0) is 11.3. The van der Waals surface area contributed by atoms with Crippen molar-refractivity contribution in [3.63, 3.8) is 0 Å². The number of carboxylic acids is 1. The summed E-state index contributed by atoms with van der Waals surface area (Å²) in [6.07, 6.45) is 0.792. The molecule has 2 N–H and O–H groups in total. The number of carboxylic acid groups (broad SMARTS) is 1. The summed E-state index contributed by atoms with van der Waals surface area (Å²) in [4.78, 5) is 10.5. The lowest BCUT2D eigenvalue weighted by Gasteiger charge is -2.06. The van der Waals surface area contributed by atoms with Gasteiger partial charge in [-0.3, -0.25) is 4.79 Å². The highest BCUT2D eigenvalue weighted by atomic mass is 16.4. The molecule has 0 saturated heterocycles. The lowest BCUT2D eigenvalue weighted by atomic mass is 10.2. The van der Waals surface area contributed by atoms with Crippen molar-refractivity contribution in [3.8, 4) is 0 Å². The molecule has 0 aliphatic carbocycles. The Morgan fingerprint density at radius 1 is 1.60 bits per heavy atom. The van der Waals surface area contributed by atoms with Crippen molar-refractivity contribution in [3.05, 3.63) is 23.7 Å². The van der Waals surface area contributed by atoms with E-state index in [-0.39, 0.29) is 5.92 Å². The standard InChI is InChI=1S/C11H17NO3/c1-8(11(13)14)7-12-6-5-10-4-3-9(2)15-10/h3-4,8,12H,5-7H2,1-2H3,(H,13,14). The van der Waals surface area contributed by atoms with E-state index in [0.717, 1.165) is 24.5 Å². The average molecular weight is 211 g/mol. The van der Waals surface area contributed by atoms with Crippen molar-refractivity contribution in [1.82, 2.24) is 5.32 Å². The Morgan fingerprint density at radius 3 is 2.87 bits per heavy atom. The van der Waals surface area contributed by atoms with Gasteiger partial charge in [-0.05, 0) is 19.1 Å². The summed E-state index contributed by atoms with van der Waals surface area (Å²) in [5.74, 6) is 0.728. The van der Waals surface area contributed by atoms with Crippen LogP contribution in [0.5, 0.6) is 0 Å². The lowest BCUT2D eigenvalue weighted by molar-refractivity contribution is -0.140. The molecule has 1 heterocycles. The number of nitrogens with one attached hydrogen (secondary N) is 1. The summed E-state index contributed by atoms with van der Waals surface area (Å²) in [7, 11) is 0. The largest absolute Gasteiger partial charge is 0.481 e. The maximum atomic E-state index is 10.5. The van der Waals surface area contributed by atoms with E-state index in [1.54, 1.807) is 6.92 Å². The molecule has 15 heavy (non-hydrogen) atoms. The van der Waals surface area contributed by atoms with Crippen LogP contribution in [-0.2, 0) is 11.2 Å². The van der Waals surface area contributed by atoms with Crippen LogP contribution in [0.15, 0.2) is 16.5 Å². The molecule has 84 valence electrons. The molecule has 0 fully saturated rings. The molecule has 0 radical (unpaired) electrons. The molecule has 0 aliphatic rings. The minimum absolute atomic E-state index is 0.344. The fourth-order valence-electron chi connectivity index (χ4n) is 1.24. The van der Waals surface area contributed by atoms with Crippen LogP contribution >= 0.6 is 0 Å². The SMILES string of the molecule is Cc1ccc(CCNCC(C)C(=O)O)o1. The Balaban J connectivity index is 2.14. The van der Waals surface area contributed by atoms with Crippen LogP contribution in [0.2, 0.25) is 0 Å². The van der Waals surface area contributed by atoms with Crippen molar-refractivity contribution in [2.45, 2.75) is 20.3 Å². The lowest BCUT2D eigenvalue weighted by Crippen LogP contribution is -2.27. The van der Waals surface area contributed by atoms with Crippen LogP contribution in [0.4, 0.5) is 0 Å². The van der Waals surface area contributed by atoms with Gasteiger partial charge in [0.2, 0.25) is 0 Å². The van der Waals surface area contributed by atoms with E-state index in [2.05, 4.69) is 5.32 Å². The Labute approximate surface area is 89.3 Å². The van der Waals surface area contributed by atoms with Gasteiger partial charge in [-0.15, -0.1) is 0 Å². The Hall–Kier alpha value is -1.29. The molecule has 0 bridgehead atoms. The van der Waals surface area contributed by atoms with Gasteiger partial charge in [0.05, 0.1) is 5.92 Å². The molecule has 1 aromatic rings. The van der Waals surface area contributed by atoms with E-state index < -0.39 is 5.97 Å². The second kappa shape index (κ2) is 5.56. The summed E-state index contributed by atoms with van der Waals surface area (Å²) in [5.41, 5.74) is 0. The Morgan fingerprint density at radius 2 is 2.33 bits per heavy atom. The third kappa shape index (κ3) is 4.16. The van der Waals surface area contributed by atoms with Gasteiger partial charge in [-0.2, -0.15) is 0 Å². The number of aliphatic carboxylic acids is 1. The van der Waals surface area contributed by atoms with E-state index in [9.17, 15) is 4.79 Å². The topological polar surface area (TPSA) is 62.5 Å². The normalized spacial score (nSPS) is 12.7. The van der Waals surface area contributed by atoms with Crippen LogP contribution in [0, 0.1) is 12.8 Å². The highest BCUT2D eigenvalue weighted by Crippen LogP contribution is 2.06. The molecule has 1 rings (SSSR count). The number of aryl methyl sites for hydroxylation is 1. The van der Waals surface area contributed by atoms with E-state index in [1.807, 2.05) is 19.1 Å². The van der Waals surface area contributed by atoms with E-state index >= 15 is 0 Å². The molecule has 0 saturated carbocycles. The highest BCUT2D eigenvalue weighted by Gasteiger charge is 2.09. The molecule has 0 aliphatic heterocycles. The summed E-state index contributed by atoms with van der Waals surface area (Å²) < 4.78 is 5.38. The van der Waals surface area contributed by atoms with Gasteiger partial charge in [0.15, 0.2) is 0 Å². The maximum Gasteiger partial charge on any atom is 0.307 e. The van der Waals surface area contributed by atoms with Crippen LogP contribution in [0.1, 0.15) is 18.4 Å². The molecule has 0 spiro atoms. The van der Waals surface area contributed by atoms with E-state index in [1.165, 1.54) is 0 Å². The smallest absolute Gasteiger partial charge is 0.307 e. The maximum absolute atomic E-state index is 10.5. The Bertz CT molecular complexity index is 319. The predicted octanol–water partition coefficient (Wildman–Crippen LogP) is 1.44. The van der Waals surface area contributed by atoms with Gasteiger partial charge in [0.25, 0.3) is 0 Å². The summed E-state index contributed by atoms with van der Waals surface area (Å²) in [5, 5.41) is 11.7. The number of rotatable bonds is 6. The number of furan rings is 1. The first-order valence-electron chi connectivity index (χ1n) is 5.08. The van der Waals surface area contributed by atoms with Crippen LogP contribution in [0.25, 0.3) is 0 Å². The third-order valence-electron chi connectivity index (χ3n) is 2.22. The predicted molar refractivity (Wildman–Crippen MR) is 56.8 cm³/mol. The van der Waals surface area contributed by atoms with Gasteiger partial charge in [-0.1, -0.05) is 6.92 Å². The van der Waals surface area contributed by atoms with Crippen molar-refractivity contribution in [2.75, 3.05) is 13.1 Å². The van der Waals surface area contributed by atoms with Gasteiger partial charge >= 0.3 is 5.97 Å². The van der Waals surface area contributed by atoms with Gasteiger partial charge in [0, 0.05) is 19.5 Å². The molecular weight excluding hydrogens is 194 g/mol. The second-order valence-electron chi connectivity index (χ2n) is 3.71. The number of hydrogen-bond acceptors (Lipinski definition) is 3. The highest BCUT2D eigenvalue weighted by molar-refractivity contribution is 5.69. The minimum Gasteiger partial charge on any atom is -0.481 e. The average Bonchev–Trinajstić information content (AvgIpc) is 2.58. The first-order valence-corrected chi connectivity index (χ1v) is 5.08. The van der Waals surface area contributed by atoms with Crippen LogP contribution < -0.4 is 5.32 Å². The van der Waals surface area contributed by atoms with Crippen LogP contribution in [-0.4, -0.2) is 24.2 Å². The van der Waals surface area contributed by atoms with Gasteiger partial charge in [-0.25, -0.2) is 0 Å². The molecule has 4 nitrogen and oxygen atoms in total. The fraction of sp³-hybridized carbons (Fsp3) is 0.545. The van der Waals surface area contributed by atoms with Crippen molar-refractivity contribution >= 4 is 5.97 Å². The monoisotopic (exact) mass is 211 g/mol.